The van der Waals surface area contributed by atoms with Crippen LogP contribution < -0.4 is 0 Å². The fourth-order valence-electron chi connectivity index (χ4n) is 4.53. The Hall–Kier alpha value is -2.51. The summed E-state index contributed by atoms with van der Waals surface area (Å²) in [5.74, 6) is -0.0235. The zero-order valence-electron chi connectivity index (χ0n) is 15.7. The zero-order valence-corrected chi connectivity index (χ0v) is 15.7. The molecule has 0 aliphatic carbocycles. The highest BCUT2D eigenvalue weighted by Crippen LogP contribution is 2.27. The number of aromatic nitrogens is 1. The van der Waals surface area contributed by atoms with Gasteiger partial charge in [0.2, 0.25) is 5.91 Å². The van der Waals surface area contributed by atoms with E-state index >= 15 is 0 Å². The van der Waals surface area contributed by atoms with Crippen molar-refractivity contribution in [1.82, 2.24) is 19.3 Å². The molecule has 3 amide bonds. The van der Waals surface area contributed by atoms with Crippen LogP contribution in [-0.4, -0.2) is 76.6 Å². The van der Waals surface area contributed by atoms with Crippen LogP contribution in [0.1, 0.15) is 31.4 Å². The number of fused-ring (bicyclic) bond motifs is 1. The minimum absolute atomic E-state index is 0.0424. The van der Waals surface area contributed by atoms with Crippen molar-refractivity contribution in [2.75, 3.05) is 33.3 Å². The van der Waals surface area contributed by atoms with E-state index in [-0.39, 0.29) is 30.0 Å². The first-order valence-electron chi connectivity index (χ1n) is 9.67. The first-order valence-corrected chi connectivity index (χ1v) is 9.67. The third-order valence-electron chi connectivity index (χ3n) is 6.04. The summed E-state index contributed by atoms with van der Waals surface area (Å²) in [6.45, 7) is 3.07. The van der Waals surface area contributed by atoms with E-state index in [2.05, 4.69) is 0 Å². The van der Waals surface area contributed by atoms with E-state index in [1.807, 2.05) is 28.1 Å². The van der Waals surface area contributed by atoms with Gasteiger partial charge in [-0.3, -0.25) is 9.36 Å². The second kappa shape index (κ2) is 7.25. The largest absolute Gasteiger partial charge is 0.453 e. The average Bonchev–Trinajstić information content (AvgIpc) is 3.30. The van der Waals surface area contributed by atoms with Crippen LogP contribution in [0.25, 0.3) is 0 Å². The second-order valence-electron chi connectivity index (χ2n) is 7.59. The van der Waals surface area contributed by atoms with Crippen molar-refractivity contribution in [3.63, 3.8) is 0 Å². The molecule has 1 atom stereocenters. The first-order chi connectivity index (χ1) is 13.1. The first kappa shape index (κ1) is 17.9. The Balaban J connectivity index is 1.31. The predicted octanol–water partition coefficient (Wildman–Crippen LogP) is 1.74. The molecular formula is C19H26N4O4. The highest BCUT2D eigenvalue weighted by Gasteiger charge is 2.37. The van der Waals surface area contributed by atoms with Gasteiger partial charge in [0.15, 0.2) is 0 Å². The number of piperidine rings is 2. The van der Waals surface area contributed by atoms with Gasteiger partial charge in [-0.15, -0.1) is 0 Å². The summed E-state index contributed by atoms with van der Waals surface area (Å²) < 4.78 is 6.50. The normalized spacial score (nSPS) is 23.5. The van der Waals surface area contributed by atoms with E-state index in [0.29, 0.717) is 32.7 Å². The standard InChI is InChI=1S/C19H26N4O4/c1-27-19(26)21-8-2-4-14(12-21)17(24)20-10-6-15(7-11-20)23-13-16-5-3-9-22(16)18(23)25/h3,5,9,14-15H,2,4,6-8,10-13H2,1H3. The van der Waals surface area contributed by atoms with Crippen LogP contribution in [-0.2, 0) is 16.1 Å². The summed E-state index contributed by atoms with van der Waals surface area (Å²) in [5, 5.41) is 0. The molecule has 3 aliphatic rings. The molecule has 0 bridgehead atoms. The Morgan fingerprint density at radius 2 is 1.89 bits per heavy atom. The van der Waals surface area contributed by atoms with Crippen LogP contribution in [0.15, 0.2) is 18.3 Å². The van der Waals surface area contributed by atoms with E-state index in [4.69, 9.17) is 4.74 Å². The van der Waals surface area contributed by atoms with Gasteiger partial charge in [-0.1, -0.05) is 0 Å². The van der Waals surface area contributed by atoms with Crippen molar-refractivity contribution in [3.05, 3.63) is 24.0 Å². The Bertz CT molecular complexity index is 738. The van der Waals surface area contributed by atoms with Crippen LogP contribution in [0.4, 0.5) is 9.59 Å². The molecule has 8 heteroatoms. The number of hydrogen-bond acceptors (Lipinski definition) is 4. The van der Waals surface area contributed by atoms with Crippen molar-refractivity contribution in [2.24, 2.45) is 5.92 Å². The molecule has 1 aromatic heterocycles. The molecule has 1 unspecified atom stereocenters. The predicted molar refractivity (Wildman–Crippen MR) is 97.1 cm³/mol. The smallest absolute Gasteiger partial charge is 0.409 e. The molecule has 27 heavy (non-hydrogen) atoms. The Morgan fingerprint density at radius 3 is 2.59 bits per heavy atom. The molecule has 2 saturated heterocycles. The maximum Gasteiger partial charge on any atom is 0.409 e. The van der Waals surface area contributed by atoms with Crippen molar-refractivity contribution < 1.29 is 19.1 Å². The lowest BCUT2D eigenvalue weighted by molar-refractivity contribution is -0.138. The number of carbonyl (C=O) groups excluding carboxylic acids is 3. The van der Waals surface area contributed by atoms with Gasteiger partial charge in [0.05, 0.1) is 19.6 Å². The van der Waals surface area contributed by atoms with Crippen molar-refractivity contribution in [3.8, 4) is 0 Å². The number of amides is 3. The maximum absolute atomic E-state index is 12.9. The minimum Gasteiger partial charge on any atom is -0.453 e. The van der Waals surface area contributed by atoms with E-state index < -0.39 is 0 Å². The maximum atomic E-state index is 12.9. The summed E-state index contributed by atoms with van der Waals surface area (Å²) in [5.41, 5.74) is 1.03. The molecule has 0 spiro atoms. The summed E-state index contributed by atoms with van der Waals surface area (Å²) in [4.78, 5) is 42.6. The highest BCUT2D eigenvalue weighted by molar-refractivity contribution is 5.81. The zero-order chi connectivity index (χ0) is 19.0. The van der Waals surface area contributed by atoms with Crippen molar-refractivity contribution in [1.29, 1.82) is 0 Å². The fourth-order valence-corrected chi connectivity index (χ4v) is 4.53. The number of ether oxygens (including phenoxy) is 1. The molecule has 0 saturated carbocycles. The molecule has 4 heterocycles. The lowest BCUT2D eigenvalue weighted by Gasteiger charge is -2.39. The molecule has 0 aromatic carbocycles. The SMILES string of the molecule is COC(=O)N1CCCC(C(=O)N2CCC(N3Cc4cccn4C3=O)CC2)C1. The molecule has 4 rings (SSSR count). The summed E-state index contributed by atoms with van der Waals surface area (Å²) in [6, 6.07) is 4.10. The number of rotatable bonds is 2. The third kappa shape index (κ3) is 3.28. The quantitative estimate of drug-likeness (QED) is 0.790. The summed E-state index contributed by atoms with van der Waals surface area (Å²) in [6.07, 6.45) is 4.69. The molecule has 3 aliphatic heterocycles. The van der Waals surface area contributed by atoms with E-state index in [9.17, 15) is 14.4 Å². The van der Waals surface area contributed by atoms with Gasteiger partial charge in [0.25, 0.3) is 0 Å². The van der Waals surface area contributed by atoms with Gasteiger partial charge in [-0.05, 0) is 37.8 Å². The lowest BCUT2D eigenvalue weighted by atomic mass is 9.95. The topological polar surface area (TPSA) is 75.1 Å². The van der Waals surface area contributed by atoms with Crippen LogP contribution in [0.3, 0.4) is 0 Å². The number of likely N-dealkylation sites (tertiary alicyclic amines) is 2. The van der Waals surface area contributed by atoms with E-state index in [1.165, 1.54) is 7.11 Å². The van der Waals surface area contributed by atoms with Gasteiger partial charge >= 0.3 is 12.1 Å². The minimum atomic E-state index is -0.359. The third-order valence-corrected chi connectivity index (χ3v) is 6.04. The number of carbonyl (C=O) groups is 3. The molecule has 146 valence electrons. The van der Waals surface area contributed by atoms with Crippen LogP contribution in [0.5, 0.6) is 0 Å². The number of hydrogen-bond donors (Lipinski definition) is 0. The van der Waals surface area contributed by atoms with Gasteiger partial charge < -0.3 is 19.4 Å². The highest BCUT2D eigenvalue weighted by atomic mass is 16.5. The van der Waals surface area contributed by atoms with Crippen LogP contribution >= 0.6 is 0 Å². The van der Waals surface area contributed by atoms with E-state index in [1.54, 1.807) is 9.47 Å². The van der Waals surface area contributed by atoms with Crippen LogP contribution in [0, 0.1) is 5.92 Å². The molecule has 2 fully saturated rings. The second-order valence-corrected chi connectivity index (χ2v) is 7.59. The molecule has 8 nitrogen and oxygen atoms in total. The van der Waals surface area contributed by atoms with Crippen LogP contribution in [0.2, 0.25) is 0 Å². The Morgan fingerprint density at radius 1 is 1.11 bits per heavy atom. The molecule has 0 radical (unpaired) electrons. The monoisotopic (exact) mass is 374 g/mol. The molecular weight excluding hydrogens is 348 g/mol. The van der Waals surface area contributed by atoms with Gasteiger partial charge in [0.1, 0.15) is 0 Å². The van der Waals surface area contributed by atoms with Gasteiger partial charge in [-0.2, -0.15) is 0 Å². The average molecular weight is 374 g/mol. The molecule has 1 aromatic rings. The van der Waals surface area contributed by atoms with Gasteiger partial charge in [0, 0.05) is 44.1 Å². The number of nitrogens with zero attached hydrogens (tertiary/aromatic N) is 4. The summed E-state index contributed by atoms with van der Waals surface area (Å²) >= 11 is 0. The van der Waals surface area contributed by atoms with Crippen molar-refractivity contribution in [2.45, 2.75) is 38.3 Å². The Kier molecular flexibility index (Phi) is 4.80. The lowest BCUT2D eigenvalue weighted by Crippen LogP contribution is -2.51. The number of methoxy groups -OCH3 is 1. The van der Waals surface area contributed by atoms with Gasteiger partial charge in [-0.25, -0.2) is 9.59 Å². The fraction of sp³-hybridized carbons (Fsp3) is 0.632. The Labute approximate surface area is 158 Å². The van der Waals surface area contributed by atoms with Crippen molar-refractivity contribution >= 4 is 18.0 Å². The summed E-state index contributed by atoms with van der Waals surface area (Å²) in [7, 11) is 1.37. The van der Waals surface area contributed by atoms with E-state index in [0.717, 1.165) is 31.4 Å². The molecule has 0 N–H and O–H groups in total.